The Morgan fingerprint density at radius 2 is 0.788 bits per heavy atom. The molecule has 6 nitrogen and oxygen atoms in total. The van der Waals surface area contributed by atoms with E-state index in [1.165, 1.54) is 167 Å². The second kappa shape index (κ2) is 53.5. The highest BCUT2D eigenvalue weighted by atomic mass is 16.5. The molecule has 0 aromatic carbocycles. The van der Waals surface area contributed by atoms with E-state index in [1.807, 2.05) is 6.08 Å². The molecule has 6 heteroatoms. The van der Waals surface area contributed by atoms with E-state index in [0.717, 1.165) is 70.6 Å². The highest BCUT2D eigenvalue weighted by Crippen LogP contribution is 2.18. The summed E-state index contributed by atoms with van der Waals surface area (Å²) in [5.41, 5.74) is 0. The van der Waals surface area contributed by atoms with Crippen LogP contribution in [0.4, 0.5) is 0 Å². The van der Waals surface area contributed by atoms with Gasteiger partial charge in [0, 0.05) is 12.8 Å². The molecule has 0 aromatic heterocycles. The largest absolute Gasteiger partial charge is 0.461 e. The predicted molar refractivity (Wildman–Crippen MR) is 287 cm³/mol. The number of hydrogen-bond donors (Lipinski definition) is 3. The fourth-order valence-electron chi connectivity index (χ4n) is 8.57. The number of aliphatic hydroxyl groups excluding tert-OH is 2. The van der Waals surface area contributed by atoms with Crippen LogP contribution < -0.4 is 5.32 Å². The Morgan fingerprint density at radius 3 is 1.15 bits per heavy atom. The summed E-state index contributed by atoms with van der Waals surface area (Å²) < 4.78 is 5.89. The predicted octanol–water partition coefficient (Wildman–Crippen LogP) is 17.6. The van der Waals surface area contributed by atoms with Gasteiger partial charge in [0.25, 0.3) is 0 Å². The van der Waals surface area contributed by atoms with Gasteiger partial charge in [0.05, 0.1) is 25.2 Å². The number of rotatable bonds is 51. The van der Waals surface area contributed by atoms with Crippen molar-refractivity contribution in [2.24, 2.45) is 0 Å². The fourth-order valence-corrected chi connectivity index (χ4v) is 8.57. The van der Waals surface area contributed by atoms with Crippen LogP contribution in [0.15, 0.2) is 60.8 Å². The Bertz CT molecular complexity index is 1170. The number of unbranched alkanes of at least 4 members (excludes halogenated alkanes) is 30. The van der Waals surface area contributed by atoms with Gasteiger partial charge in [-0.05, 0) is 44.9 Å². The van der Waals surface area contributed by atoms with Gasteiger partial charge < -0.3 is 20.3 Å². The molecule has 3 N–H and O–H groups in total. The molecule has 0 rings (SSSR count). The maximum absolute atomic E-state index is 13.2. The first kappa shape index (κ1) is 63.6. The minimum atomic E-state index is -0.812. The summed E-state index contributed by atoms with van der Waals surface area (Å²) in [5.74, 6) is -0.569. The minimum Gasteiger partial charge on any atom is -0.461 e. The highest BCUT2D eigenvalue weighted by molar-refractivity contribution is 5.77. The lowest BCUT2D eigenvalue weighted by Gasteiger charge is -2.24. The van der Waals surface area contributed by atoms with Gasteiger partial charge in [0.2, 0.25) is 5.91 Å². The molecule has 3 unspecified atom stereocenters. The quantitative estimate of drug-likeness (QED) is 0.0321. The first-order chi connectivity index (χ1) is 32.5. The Hall–Kier alpha value is -2.44. The number of hydrogen-bond acceptors (Lipinski definition) is 5. The number of allylic oxidation sites excluding steroid dienone is 9. The molecule has 0 bridgehead atoms. The van der Waals surface area contributed by atoms with Crippen molar-refractivity contribution in [1.82, 2.24) is 5.32 Å². The molecule has 384 valence electrons. The van der Waals surface area contributed by atoms with Crippen LogP contribution in [0.2, 0.25) is 0 Å². The van der Waals surface area contributed by atoms with Gasteiger partial charge in [-0.1, -0.05) is 281 Å². The van der Waals surface area contributed by atoms with E-state index < -0.39 is 18.2 Å². The molecule has 0 aromatic rings. The van der Waals surface area contributed by atoms with Gasteiger partial charge in [-0.3, -0.25) is 9.59 Å². The molecule has 0 aliphatic heterocycles. The van der Waals surface area contributed by atoms with Gasteiger partial charge in [-0.15, -0.1) is 0 Å². The average Bonchev–Trinajstić information content (AvgIpc) is 3.31. The number of amides is 1. The van der Waals surface area contributed by atoms with Crippen molar-refractivity contribution < 1.29 is 24.5 Å². The molecule has 3 atom stereocenters. The molecule has 1 amide bonds. The third kappa shape index (κ3) is 48.0. The van der Waals surface area contributed by atoms with Gasteiger partial charge in [-0.2, -0.15) is 0 Å². The van der Waals surface area contributed by atoms with Crippen LogP contribution in [-0.4, -0.2) is 46.9 Å². The van der Waals surface area contributed by atoms with Crippen molar-refractivity contribution in [1.29, 1.82) is 0 Å². The number of carbonyl (C=O) groups is 2. The van der Waals surface area contributed by atoms with E-state index in [0.29, 0.717) is 19.3 Å². The smallest absolute Gasteiger partial charge is 0.306 e. The van der Waals surface area contributed by atoms with Crippen molar-refractivity contribution >= 4 is 11.9 Å². The number of esters is 1. The zero-order valence-corrected chi connectivity index (χ0v) is 43.8. The van der Waals surface area contributed by atoms with E-state index in [2.05, 4.69) is 80.8 Å². The van der Waals surface area contributed by atoms with E-state index in [9.17, 15) is 19.8 Å². The van der Waals surface area contributed by atoms with E-state index in [-0.39, 0.29) is 24.9 Å². The Morgan fingerprint density at radius 1 is 0.455 bits per heavy atom. The summed E-state index contributed by atoms with van der Waals surface area (Å²) in [6.07, 6.45) is 67.4. The number of ether oxygens (including phenoxy) is 1. The monoisotopic (exact) mass is 924 g/mol. The first-order valence-electron chi connectivity index (χ1n) is 28.5. The Kier molecular flexibility index (Phi) is 51.5. The molecule has 0 aliphatic carbocycles. The maximum Gasteiger partial charge on any atom is 0.306 e. The molecular weight excluding hydrogens is 815 g/mol. The molecule has 0 heterocycles. The lowest BCUT2D eigenvalue weighted by Crippen LogP contribution is -2.46. The zero-order valence-electron chi connectivity index (χ0n) is 43.8. The molecule has 0 fully saturated rings. The first-order valence-corrected chi connectivity index (χ1v) is 28.5. The summed E-state index contributed by atoms with van der Waals surface area (Å²) >= 11 is 0. The molecule has 0 radical (unpaired) electrons. The highest BCUT2D eigenvalue weighted by Gasteiger charge is 2.23. The van der Waals surface area contributed by atoms with E-state index >= 15 is 0 Å². The van der Waals surface area contributed by atoms with Gasteiger partial charge in [0.1, 0.15) is 6.10 Å². The lowest BCUT2D eigenvalue weighted by molar-refractivity contribution is -0.150. The SMILES string of the molecule is CC/C=C\C/C=C\C/C=C\C/C=C\C/C=C\CC(CC(=O)NC(CO)C(O)CCCCCCCCCCCCCCC)OC(=O)CCCCCCCCCCCCCCCCCCCCC. The van der Waals surface area contributed by atoms with Crippen molar-refractivity contribution in [2.75, 3.05) is 6.61 Å². The zero-order chi connectivity index (χ0) is 48.1. The van der Waals surface area contributed by atoms with E-state index in [4.69, 9.17) is 4.74 Å². The molecule has 0 saturated heterocycles. The van der Waals surface area contributed by atoms with Crippen LogP contribution in [0.1, 0.15) is 284 Å². The van der Waals surface area contributed by atoms with Gasteiger partial charge in [0.15, 0.2) is 0 Å². The van der Waals surface area contributed by atoms with Crippen LogP contribution in [0.3, 0.4) is 0 Å². The van der Waals surface area contributed by atoms with Crippen molar-refractivity contribution in [3.63, 3.8) is 0 Å². The minimum absolute atomic E-state index is 0.00120. The topological polar surface area (TPSA) is 95.9 Å². The number of nitrogens with one attached hydrogen (secondary N) is 1. The van der Waals surface area contributed by atoms with Crippen LogP contribution >= 0.6 is 0 Å². The lowest BCUT2D eigenvalue weighted by atomic mass is 10.0. The molecular formula is C60H109NO5. The second-order valence-electron chi connectivity index (χ2n) is 19.3. The van der Waals surface area contributed by atoms with Crippen LogP contribution in [0, 0.1) is 0 Å². The number of aliphatic hydroxyl groups is 2. The summed E-state index contributed by atoms with van der Waals surface area (Å²) in [6.45, 7) is 6.37. The molecule has 0 spiro atoms. The normalized spacial score (nSPS) is 13.6. The van der Waals surface area contributed by atoms with Crippen LogP contribution in [0.5, 0.6) is 0 Å². The van der Waals surface area contributed by atoms with Crippen LogP contribution in [0.25, 0.3) is 0 Å². The summed E-state index contributed by atoms with van der Waals surface area (Å²) in [7, 11) is 0. The van der Waals surface area contributed by atoms with E-state index in [1.54, 1.807) is 0 Å². The van der Waals surface area contributed by atoms with Crippen LogP contribution in [-0.2, 0) is 14.3 Å². The fraction of sp³-hybridized carbons (Fsp3) is 0.800. The van der Waals surface area contributed by atoms with Gasteiger partial charge >= 0.3 is 5.97 Å². The molecule has 66 heavy (non-hydrogen) atoms. The van der Waals surface area contributed by atoms with Crippen molar-refractivity contribution in [3.05, 3.63) is 60.8 Å². The molecule has 0 aliphatic rings. The molecule has 0 saturated carbocycles. The summed E-state index contributed by atoms with van der Waals surface area (Å²) in [4.78, 5) is 26.2. The number of carbonyl (C=O) groups excluding carboxylic acids is 2. The van der Waals surface area contributed by atoms with Crippen molar-refractivity contribution in [3.8, 4) is 0 Å². The Balaban J connectivity index is 4.62. The van der Waals surface area contributed by atoms with Gasteiger partial charge in [-0.25, -0.2) is 0 Å². The standard InChI is InChI=1S/C60H109NO5/c1-4-7-10-13-16-19-22-25-27-28-29-30-32-35-38-41-44-47-50-53-60(65)66-56(51-48-45-42-39-36-34-31-26-23-20-17-14-11-8-5-2)54-59(64)61-57(55-62)58(63)52-49-46-43-40-37-33-24-21-18-15-12-9-6-3/h8,11,17,20,26,31,36,39,45,48,56-58,62-63H,4-7,9-10,12-16,18-19,21-25,27-30,32-35,37-38,40-44,46-47,49-55H2,1-3H3,(H,61,64)/b11-8-,20-17-,31-26-,39-36-,48-45-. The third-order valence-electron chi connectivity index (χ3n) is 12.9. The third-order valence-corrected chi connectivity index (χ3v) is 12.9. The summed E-state index contributed by atoms with van der Waals surface area (Å²) in [6, 6.07) is -0.732. The van der Waals surface area contributed by atoms with Crippen molar-refractivity contribution in [2.45, 2.75) is 302 Å². The maximum atomic E-state index is 13.2. The average molecular weight is 925 g/mol. The summed E-state index contributed by atoms with van der Waals surface area (Å²) in [5, 5.41) is 23.8. The second-order valence-corrected chi connectivity index (χ2v) is 19.3. The Labute approximate surface area is 409 Å².